The molecule has 0 unspecified atom stereocenters. The highest BCUT2D eigenvalue weighted by atomic mass is 15.1. The minimum absolute atomic E-state index is 1.07. The average molecular weight is 361 g/mol. The van der Waals surface area contributed by atoms with E-state index in [4.69, 9.17) is 0 Å². The van der Waals surface area contributed by atoms with Crippen molar-refractivity contribution in [3.05, 3.63) is 37.4 Å². The number of rotatable bonds is 15. The number of imidazole rings is 2. The smallest absolute Gasteiger partial charge is 0.237 e. The molecule has 0 atom stereocenters. The van der Waals surface area contributed by atoms with Gasteiger partial charge in [-0.1, -0.05) is 38.5 Å². The van der Waals surface area contributed by atoms with Crippen LogP contribution < -0.4 is 9.13 Å². The van der Waals surface area contributed by atoms with Gasteiger partial charge in [-0.05, 0) is 39.5 Å². The molecule has 0 aliphatic heterocycles. The van der Waals surface area contributed by atoms with Crippen LogP contribution in [0.5, 0.6) is 0 Å². The normalized spacial score (nSPS) is 11.3. The van der Waals surface area contributed by atoms with Crippen molar-refractivity contribution in [3.8, 4) is 0 Å². The Kier molecular flexibility index (Phi) is 10.1. The second kappa shape index (κ2) is 12.7. The van der Waals surface area contributed by atoms with E-state index in [2.05, 4.69) is 69.6 Å². The van der Waals surface area contributed by atoms with Gasteiger partial charge in [-0.3, -0.25) is 0 Å². The van der Waals surface area contributed by atoms with E-state index in [0.29, 0.717) is 0 Å². The lowest BCUT2D eigenvalue weighted by atomic mass is 10.1. The predicted molar refractivity (Wildman–Crippen MR) is 107 cm³/mol. The van der Waals surface area contributed by atoms with Gasteiger partial charge in [0.2, 0.25) is 12.7 Å². The van der Waals surface area contributed by atoms with Crippen molar-refractivity contribution in [2.75, 3.05) is 0 Å². The van der Waals surface area contributed by atoms with Gasteiger partial charge in [0, 0.05) is 0 Å². The van der Waals surface area contributed by atoms with Gasteiger partial charge in [0.25, 0.3) is 0 Å². The Morgan fingerprint density at radius 1 is 0.538 bits per heavy atom. The number of hydrogen-bond acceptors (Lipinski definition) is 0. The molecule has 0 radical (unpaired) electrons. The molecule has 0 aliphatic carbocycles. The number of aromatic nitrogens is 4. The van der Waals surface area contributed by atoms with Crippen LogP contribution in [0, 0.1) is 0 Å². The second-order valence-electron chi connectivity index (χ2n) is 7.50. The molecule has 0 N–H and O–H groups in total. The van der Waals surface area contributed by atoms with Crippen LogP contribution in [-0.4, -0.2) is 9.13 Å². The Morgan fingerprint density at radius 2 is 0.885 bits per heavy atom. The van der Waals surface area contributed by atoms with Crippen molar-refractivity contribution in [1.29, 1.82) is 0 Å². The maximum Gasteiger partial charge on any atom is 0.243 e. The molecule has 0 aromatic carbocycles. The van der Waals surface area contributed by atoms with Gasteiger partial charge in [0.15, 0.2) is 0 Å². The monoisotopic (exact) mass is 360 g/mol. The molecule has 0 saturated heterocycles. The number of nitrogens with zero attached hydrogens (tertiary/aromatic N) is 4. The van der Waals surface area contributed by atoms with Crippen LogP contribution in [0.2, 0.25) is 0 Å². The van der Waals surface area contributed by atoms with Crippen LogP contribution in [0.3, 0.4) is 0 Å². The minimum atomic E-state index is 1.07. The van der Waals surface area contributed by atoms with E-state index >= 15 is 0 Å². The molecule has 26 heavy (non-hydrogen) atoms. The molecule has 2 rings (SSSR count). The standard InChI is InChI=1S/C22H40N4/c1-3-23-17-19-25(21-23)15-13-11-9-7-5-6-8-10-12-14-16-26-20-18-24(4-2)22-26/h17-22H,3-16H2,1-2H3/q+2. The van der Waals surface area contributed by atoms with Crippen LogP contribution in [0.25, 0.3) is 0 Å². The fraction of sp³-hybridized carbons (Fsp3) is 0.727. The molecule has 0 fully saturated rings. The number of unbranched alkanes of at least 4 members (excludes halogenated alkanes) is 9. The highest BCUT2D eigenvalue weighted by Crippen LogP contribution is 2.10. The summed E-state index contributed by atoms with van der Waals surface area (Å²) in [5.74, 6) is 0. The summed E-state index contributed by atoms with van der Waals surface area (Å²) in [5, 5.41) is 0. The summed E-state index contributed by atoms with van der Waals surface area (Å²) in [5.41, 5.74) is 0. The van der Waals surface area contributed by atoms with Gasteiger partial charge in [-0.15, -0.1) is 0 Å². The molecule has 0 bridgehead atoms. The maximum absolute atomic E-state index is 2.32. The molecule has 4 nitrogen and oxygen atoms in total. The van der Waals surface area contributed by atoms with Crippen LogP contribution in [0.15, 0.2) is 37.4 Å². The largest absolute Gasteiger partial charge is 0.243 e. The van der Waals surface area contributed by atoms with E-state index in [1.807, 2.05) is 0 Å². The van der Waals surface area contributed by atoms with Crippen LogP contribution in [0.1, 0.15) is 78.1 Å². The summed E-state index contributed by atoms with van der Waals surface area (Å²) in [6.45, 7) is 8.86. The Balaban J connectivity index is 1.33. The first-order valence-corrected chi connectivity index (χ1v) is 10.9. The first kappa shape index (κ1) is 20.7. The van der Waals surface area contributed by atoms with Crippen molar-refractivity contribution in [2.45, 2.75) is 104 Å². The first-order chi connectivity index (χ1) is 12.8. The third-order valence-corrected chi connectivity index (χ3v) is 5.31. The number of hydrogen-bond donors (Lipinski definition) is 0. The first-order valence-electron chi connectivity index (χ1n) is 10.9. The molecular weight excluding hydrogens is 320 g/mol. The summed E-state index contributed by atoms with van der Waals surface area (Å²) in [7, 11) is 0. The van der Waals surface area contributed by atoms with E-state index in [0.717, 1.165) is 13.1 Å². The molecule has 2 heterocycles. The van der Waals surface area contributed by atoms with Gasteiger partial charge in [0.1, 0.15) is 24.8 Å². The zero-order valence-electron chi connectivity index (χ0n) is 17.2. The van der Waals surface area contributed by atoms with Gasteiger partial charge in [-0.25, -0.2) is 18.3 Å². The third kappa shape index (κ3) is 8.20. The zero-order chi connectivity index (χ0) is 18.5. The van der Waals surface area contributed by atoms with E-state index in [1.165, 1.54) is 77.3 Å². The Morgan fingerprint density at radius 3 is 1.19 bits per heavy atom. The summed E-state index contributed by atoms with van der Waals surface area (Å²) in [6, 6.07) is 0. The molecule has 2 aromatic heterocycles. The lowest BCUT2D eigenvalue weighted by molar-refractivity contribution is -0.697. The highest BCUT2D eigenvalue weighted by molar-refractivity contribution is 4.65. The van der Waals surface area contributed by atoms with E-state index in [1.54, 1.807) is 0 Å². The minimum Gasteiger partial charge on any atom is -0.237 e. The third-order valence-electron chi connectivity index (χ3n) is 5.31. The molecule has 146 valence electrons. The van der Waals surface area contributed by atoms with Crippen LogP contribution in [-0.2, 0) is 26.2 Å². The summed E-state index contributed by atoms with van der Waals surface area (Å²) in [6.07, 6.45) is 27.0. The molecule has 0 spiro atoms. The fourth-order valence-electron chi connectivity index (χ4n) is 3.52. The fourth-order valence-corrected chi connectivity index (χ4v) is 3.52. The highest BCUT2D eigenvalue weighted by Gasteiger charge is 2.02. The quantitative estimate of drug-likeness (QED) is 0.329. The van der Waals surface area contributed by atoms with Crippen molar-refractivity contribution < 1.29 is 9.13 Å². The van der Waals surface area contributed by atoms with Crippen molar-refractivity contribution in [1.82, 2.24) is 9.13 Å². The van der Waals surface area contributed by atoms with Gasteiger partial charge >= 0.3 is 0 Å². The molecular formula is C22H40N4+2. The maximum atomic E-state index is 2.32. The number of aryl methyl sites for hydroxylation is 4. The summed E-state index contributed by atoms with van der Waals surface area (Å²) >= 11 is 0. The van der Waals surface area contributed by atoms with Crippen molar-refractivity contribution in [2.24, 2.45) is 0 Å². The molecule has 0 aliphatic rings. The molecule has 4 heteroatoms. The molecule has 0 amide bonds. The lowest BCUT2D eigenvalue weighted by Gasteiger charge is -2.02. The summed E-state index contributed by atoms with van der Waals surface area (Å²) in [4.78, 5) is 0. The van der Waals surface area contributed by atoms with Crippen LogP contribution in [0.4, 0.5) is 0 Å². The average Bonchev–Trinajstić information content (AvgIpc) is 3.31. The summed E-state index contributed by atoms with van der Waals surface area (Å²) < 4.78 is 9.11. The molecule has 2 aromatic rings. The topological polar surface area (TPSA) is 17.6 Å². The van der Waals surface area contributed by atoms with Crippen molar-refractivity contribution >= 4 is 0 Å². The predicted octanol–water partition coefficient (Wildman–Crippen LogP) is 4.51. The Hall–Kier alpha value is -1.58. The second-order valence-corrected chi connectivity index (χ2v) is 7.50. The van der Waals surface area contributed by atoms with Gasteiger partial charge in [0.05, 0.1) is 26.2 Å². The zero-order valence-corrected chi connectivity index (χ0v) is 17.2. The van der Waals surface area contributed by atoms with E-state index in [-0.39, 0.29) is 0 Å². The Labute approximate surface area is 160 Å². The molecule has 0 saturated carbocycles. The van der Waals surface area contributed by atoms with E-state index in [9.17, 15) is 0 Å². The van der Waals surface area contributed by atoms with Crippen LogP contribution >= 0.6 is 0 Å². The van der Waals surface area contributed by atoms with Gasteiger partial charge < -0.3 is 0 Å². The lowest BCUT2D eigenvalue weighted by Crippen LogP contribution is -2.30. The van der Waals surface area contributed by atoms with E-state index < -0.39 is 0 Å². The van der Waals surface area contributed by atoms with Gasteiger partial charge in [-0.2, -0.15) is 0 Å². The van der Waals surface area contributed by atoms with Crippen molar-refractivity contribution in [3.63, 3.8) is 0 Å². The SMILES string of the molecule is CCn1cc[n+](CCCCCCCCCCCC[n+]2ccn(CC)c2)c1. The Bertz CT molecular complexity index is 532.